The molecule has 10 heteroatoms. The molecule has 29 heavy (non-hydrogen) atoms. The van der Waals surface area contributed by atoms with E-state index in [9.17, 15) is 14.9 Å². The van der Waals surface area contributed by atoms with Crippen molar-refractivity contribution in [2.24, 2.45) is 0 Å². The van der Waals surface area contributed by atoms with Crippen LogP contribution in [0.2, 0.25) is 5.02 Å². The number of benzene rings is 2. The van der Waals surface area contributed by atoms with Crippen LogP contribution >= 0.6 is 11.6 Å². The van der Waals surface area contributed by atoms with Gasteiger partial charge in [-0.1, -0.05) is 23.7 Å². The highest BCUT2D eigenvalue weighted by Gasteiger charge is 2.19. The Morgan fingerprint density at radius 2 is 2.03 bits per heavy atom. The maximum absolute atomic E-state index is 12.4. The number of hydrogen-bond acceptors (Lipinski definition) is 6. The number of nitrogens with one attached hydrogen (secondary N) is 1. The highest BCUT2D eigenvalue weighted by molar-refractivity contribution is 6.32. The molecule has 0 aliphatic carbocycles. The van der Waals surface area contributed by atoms with Gasteiger partial charge in [0.1, 0.15) is 17.2 Å². The number of rotatable bonds is 8. The van der Waals surface area contributed by atoms with Crippen LogP contribution in [0.4, 0.5) is 11.4 Å². The number of carbonyl (C=O) groups is 1. The molecule has 9 nitrogen and oxygen atoms in total. The van der Waals surface area contributed by atoms with Gasteiger partial charge in [-0.25, -0.2) is 4.68 Å². The molecule has 0 saturated carbocycles. The number of aromatic nitrogens is 2. The van der Waals surface area contributed by atoms with Gasteiger partial charge in [-0.15, -0.1) is 0 Å². The molecular weight excluding hydrogens is 400 g/mol. The molecule has 1 heterocycles. The fraction of sp³-hybridized carbons (Fsp3) is 0.158. The molecule has 1 aromatic heterocycles. The minimum absolute atomic E-state index is 0.0419. The maximum atomic E-state index is 12.4. The normalized spacial score (nSPS) is 10.4. The van der Waals surface area contributed by atoms with Gasteiger partial charge in [0.25, 0.3) is 11.6 Å². The minimum Gasteiger partial charge on any atom is -0.494 e. The van der Waals surface area contributed by atoms with Crippen molar-refractivity contribution in [2.45, 2.75) is 13.7 Å². The summed E-state index contributed by atoms with van der Waals surface area (Å²) in [6, 6.07) is 12.7. The second kappa shape index (κ2) is 9.07. The highest BCUT2D eigenvalue weighted by Crippen LogP contribution is 2.29. The molecule has 0 saturated heterocycles. The van der Waals surface area contributed by atoms with Gasteiger partial charge in [0, 0.05) is 6.20 Å². The van der Waals surface area contributed by atoms with Crippen molar-refractivity contribution in [1.82, 2.24) is 9.78 Å². The number of ether oxygens (including phenoxy) is 2. The van der Waals surface area contributed by atoms with Crippen molar-refractivity contribution in [2.75, 3.05) is 11.9 Å². The SMILES string of the molecule is CCOc1ccc(NC(=O)c2ccn(COc3ccccc3Cl)n2)c([N+](=O)[O-])c1. The molecule has 2 aromatic carbocycles. The number of carbonyl (C=O) groups excluding carboxylic acids is 1. The van der Waals surface area contributed by atoms with E-state index in [4.69, 9.17) is 21.1 Å². The van der Waals surface area contributed by atoms with Gasteiger partial charge in [0.2, 0.25) is 0 Å². The summed E-state index contributed by atoms with van der Waals surface area (Å²) in [7, 11) is 0. The molecule has 0 aliphatic heterocycles. The molecule has 0 bridgehead atoms. The zero-order valence-electron chi connectivity index (χ0n) is 15.4. The molecule has 0 fully saturated rings. The Labute approximate surface area is 171 Å². The fourth-order valence-electron chi connectivity index (χ4n) is 2.46. The van der Waals surface area contributed by atoms with Crippen LogP contribution in [0.3, 0.4) is 0 Å². The molecule has 3 rings (SSSR count). The first-order valence-electron chi connectivity index (χ1n) is 8.61. The van der Waals surface area contributed by atoms with E-state index in [2.05, 4.69) is 10.4 Å². The van der Waals surface area contributed by atoms with Crippen molar-refractivity contribution in [3.05, 3.63) is 75.6 Å². The largest absolute Gasteiger partial charge is 0.494 e. The third-order valence-electron chi connectivity index (χ3n) is 3.79. The van der Waals surface area contributed by atoms with Crippen LogP contribution in [0.1, 0.15) is 17.4 Å². The summed E-state index contributed by atoms with van der Waals surface area (Å²) in [5.74, 6) is 0.243. The van der Waals surface area contributed by atoms with E-state index < -0.39 is 10.8 Å². The average Bonchev–Trinajstić information content (AvgIpc) is 3.18. The fourth-order valence-corrected chi connectivity index (χ4v) is 2.65. The second-order valence-corrected chi connectivity index (χ2v) is 6.17. The van der Waals surface area contributed by atoms with Crippen LogP contribution in [0.5, 0.6) is 11.5 Å². The molecule has 0 unspecified atom stereocenters. The summed E-state index contributed by atoms with van der Waals surface area (Å²) in [6.45, 7) is 2.18. The number of hydrogen-bond donors (Lipinski definition) is 1. The summed E-state index contributed by atoms with van der Waals surface area (Å²) in [5, 5.41) is 18.4. The van der Waals surface area contributed by atoms with Crippen molar-refractivity contribution in [3.63, 3.8) is 0 Å². The summed E-state index contributed by atoms with van der Waals surface area (Å²) in [6.07, 6.45) is 1.55. The second-order valence-electron chi connectivity index (χ2n) is 5.77. The maximum Gasteiger partial charge on any atom is 0.296 e. The van der Waals surface area contributed by atoms with E-state index in [1.807, 2.05) is 0 Å². The third-order valence-corrected chi connectivity index (χ3v) is 4.10. The zero-order chi connectivity index (χ0) is 20.8. The van der Waals surface area contributed by atoms with E-state index in [1.54, 1.807) is 43.5 Å². The molecule has 0 atom stereocenters. The number of para-hydroxylation sites is 1. The standard InChI is InChI=1S/C19H17ClN4O5/c1-2-28-13-7-8-15(17(11-13)24(26)27)21-19(25)16-9-10-23(22-16)12-29-18-6-4-3-5-14(18)20/h3-11H,2,12H2,1H3,(H,21,25). The summed E-state index contributed by atoms with van der Waals surface area (Å²) in [5.41, 5.74) is -0.146. The van der Waals surface area contributed by atoms with Crippen molar-refractivity contribution < 1.29 is 19.2 Å². The van der Waals surface area contributed by atoms with Crippen LogP contribution in [-0.2, 0) is 6.73 Å². The van der Waals surface area contributed by atoms with Crippen LogP contribution < -0.4 is 14.8 Å². The molecule has 150 valence electrons. The predicted octanol–water partition coefficient (Wildman–Crippen LogP) is 4.13. The lowest BCUT2D eigenvalue weighted by Gasteiger charge is -2.08. The average molecular weight is 417 g/mol. The first-order chi connectivity index (χ1) is 14.0. The zero-order valence-corrected chi connectivity index (χ0v) is 16.1. The Morgan fingerprint density at radius 1 is 1.24 bits per heavy atom. The van der Waals surface area contributed by atoms with Crippen molar-refractivity contribution in [3.8, 4) is 11.5 Å². The van der Waals surface area contributed by atoms with Gasteiger partial charge in [-0.3, -0.25) is 14.9 Å². The van der Waals surface area contributed by atoms with Gasteiger partial charge in [-0.2, -0.15) is 5.10 Å². The van der Waals surface area contributed by atoms with Gasteiger partial charge in [-0.05, 0) is 37.3 Å². The summed E-state index contributed by atoms with van der Waals surface area (Å²) in [4.78, 5) is 23.1. The van der Waals surface area contributed by atoms with E-state index in [0.29, 0.717) is 23.1 Å². The van der Waals surface area contributed by atoms with Crippen LogP contribution in [0, 0.1) is 10.1 Å². The monoisotopic (exact) mass is 416 g/mol. The lowest BCUT2D eigenvalue weighted by atomic mass is 10.2. The Morgan fingerprint density at radius 3 is 2.76 bits per heavy atom. The van der Waals surface area contributed by atoms with Crippen LogP contribution in [0.25, 0.3) is 0 Å². The van der Waals surface area contributed by atoms with E-state index in [1.165, 1.54) is 22.9 Å². The molecule has 0 aliphatic rings. The Bertz CT molecular complexity index is 1040. The lowest BCUT2D eigenvalue weighted by Crippen LogP contribution is -2.15. The molecule has 3 aromatic rings. The summed E-state index contributed by atoms with van der Waals surface area (Å²) >= 11 is 6.02. The predicted molar refractivity (Wildman–Crippen MR) is 107 cm³/mol. The molecule has 0 spiro atoms. The smallest absolute Gasteiger partial charge is 0.296 e. The van der Waals surface area contributed by atoms with E-state index in [0.717, 1.165) is 0 Å². The molecule has 1 N–H and O–H groups in total. The minimum atomic E-state index is -0.589. The van der Waals surface area contributed by atoms with Crippen LogP contribution in [0.15, 0.2) is 54.7 Å². The van der Waals surface area contributed by atoms with Crippen molar-refractivity contribution >= 4 is 28.9 Å². The number of nitrogens with zero attached hydrogens (tertiary/aromatic N) is 3. The molecular formula is C19H17ClN4O5. The highest BCUT2D eigenvalue weighted by atomic mass is 35.5. The van der Waals surface area contributed by atoms with Crippen molar-refractivity contribution in [1.29, 1.82) is 0 Å². The Kier molecular flexibility index (Phi) is 6.30. The van der Waals surface area contributed by atoms with Gasteiger partial charge < -0.3 is 14.8 Å². The topological polar surface area (TPSA) is 109 Å². The Balaban J connectivity index is 1.69. The third kappa shape index (κ3) is 5.02. The summed E-state index contributed by atoms with van der Waals surface area (Å²) < 4.78 is 12.2. The number of nitro groups is 1. The van der Waals surface area contributed by atoms with Gasteiger partial charge >= 0.3 is 0 Å². The number of nitro benzene ring substituents is 1. The van der Waals surface area contributed by atoms with Crippen LogP contribution in [-0.4, -0.2) is 27.2 Å². The van der Waals surface area contributed by atoms with E-state index >= 15 is 0 Å². The number of amides is 1. The van der Waals surface area contributed by atoms with E-state index in [-0.39, 0.29) is 23.8 Å². The number of anilines is 1. The Hall–Kier alpha value is -3.59. The first-order valence-corrected chi connectivity index (χ1v) is 8.99. The number of halogens is 1. The quantitative estimate of drug-likeness (QED) is 0.436. The molecule has 1 amide bonds. The lowest BCUT2D eigenvalue weighted by molar-refractivity contribution is -0.384. The first kappa shape index (κ1) is 20.2. The van der Waals surface area contributed by atoms with Gasteiger partial charge in [0.05, 0.1) is 22.6 Å². The molecule has 0 radical (unpaired) electrons. The van der Waals surface area contributed by atoms with Gasteiger partial charge in [0.15, 0.2) is 12.4 Å².